The molecule has 1 aliphatic heterocycles. The fraction of sp³-hybridized carbons (Fsp3) is 0.909. The van der Waals surface area contributed by atoms with Crippen LogP contribution in [-0.4, -0.2) is 86.3 Å². The Hall–Kier alpha value is -0.730. The van der Waals surface area contributed by atoms with Gasteiger partial charge in [-0.25, -0.2) is 0 Å². The third kappa shape index (κ3) is 5.28. The smallest absolute Gasteiger partial charge is 0.322 e. The molecule has 0 aliphatic carbocycles. The van der Waals surface area contributed by atoms with Crippen LogP contribution in [0.1, 0.15) is 0 Å². The molecule has 0 saturated carbocycles. The number of carboxylic acid groups (broad SMARTS) is 1. The average Bonchev–Trinajstić information content (AvgIpc) is 2.35. The van der Waals surface area contributed by atoms with Crippen molar-refractivity contribution in [3.8, 4) is 0 Å². The molecule has 3 N–H and O–H groups in total. The first-order chi connectivity index (χ1) is 8.65. The molecule has 2 unspecified atom stereocenters. The van der Waals surface area contributed by atoms with E-state index in [1.54, 1.807) is 12.0 Å². The van der Waals surface area contributed by atoms with Crippen molar-refractivity contribution in [2.45, 2.75) is 12.1 Å². The van der Waals surface area contributed by atoms with E-state index in [9.17, 15) is 9.90 Å². The maximum atomic E-state index is 11.0. The Morgan fingerprint density at radius 3 is 3.00 bits per heavy atom. The Labute approximate surface area is 107 Å². The molecule has 1 rings (SSSR count). The van der Waals surface area contributed by atoms with Crippen molar-refractivity contribution >= 4 is 5.97 Å². The molecule has 1 saturated heterocycles. The van der Waals surface area contributed by atoms with Gasteiger partial charge in [-0.15, -0.1) is 0 Å². The van der Waals surface area contributed by atoms with E-state index < -0.39 is 18.1 Å². The summed E-state index contributed by atoms with van der Waals surface area (Å²) in [5.41, 5.74) is 0. The van der Waals surface area contributed by atoms with Gasteiger partial charge in [-0.3, -0.25) is 9.69 Å². The molecule has 2 atom stereocenters. The number of ether oxygens (including phenoxy) is 2. The topological polar surface area (TPSA) is 91.3 Å². The zero-order valence-electron chi connectivity index (χ0n) is 10.7. The minimum absolute atomic E-state index is 0.194. The van der Waals surface area contributed by atoms with Gasteiger partial charge in [-0.1, -0.05) is 0 Å². The second-order valence-electron chi connectivity index (χ2n) is 4.27. The Morgan fingerprint density at radius 1 is 1.56 bits per heavy atom. The van der Waals surface area contributed by atoms with Gasteiger partial charge in [0.2, 0.25) is 0 Å². The van der Waals surface area contributed by atoms with Gasteiger partial charge in [0.05, 0.1) is 25.9 Å². The van der Waals surface area contributed by atoms with Crippen molar-refractivity contribution in [3.63, 3.8) is 0 Å². The van der Waals surface area contributed by atoms with Crippen LogP contribution in [0.5, 0.6) is 0 Å². The molecule has 106 valence electrons. The number of carboxylic acids is 1. The molecule has 18 heavy (non-hydrogen) atoms. The molecule has 1 heterocycles. The number of β-amino-alcohol motifs (C(OH)–C–C–N with tert-alkyl or cyclic N) is 1. The number of hydrogen-bond acceptors (Lipinski definition) is 6. The molecule has 0 aromatic carbocycles. The van der Waals surface area contributed by atoms with E-state index in [1.807, 2.05) is 0 Å². The third-order valence-electron chi connectivity index (χ3n) is 2.83. The summed E-state index contributed by atoms with van der Waals surface area (Å²) in [7, 11) is 1.58. The maximum absolute atomic E-state index is 11.0. The van der Waals surface area contributed by atoms with Crippen LogP contribution in [0, 0.1) is 0 Å². The molecule has 0 spiro atoms. The number of nitrogens with zero attached hydrogens (tertiary/aromatic N) is 1. The fourth-order valence-electron chi connectivity index (χ4n) is 1.89. The molecule has 1 aliphatic rings. The van der Waals surface area contributed by atoms with Gasteiger partial charge < -0.3 is 25.0 Å². The Kier molecular flexibility index (Phi) is 7.14. The number of piperazine rings is 1. The van der Waals surface area contributed by atoms with Crippen molar-refractivity contribution in [1.29, 1.82) is 0 Å². The predicted molar refractivity (Wildman–Crippen MR) is 64.6 cm³/mol. The lowest BCUT2D eigenvalue weighted by Gasteiger charge is -2.34. The number of aliphatic carboxylic acids is 1. The normalized spacial score (nSPS) is 22.9. The standard InChI is InChI=1S/C11H22N2O5/c1-17-4-5-18-8-9(14)7-13-3-2-12-6-10(13)11(15)16/h9-10,12,14H,2-8H2,1H3,(H,15,16). The lowest BCUT2D eigenvalue weighted by molar-refractivity contribution is -0.144. The van der Waals surface area contributed by atoms with Crippen molar-refractivity contribution in [3.05, 3.63) is 0 Å². The van der Waals surface area contributed by atoms with Gasteiger partial charge in [0.15, 0.2) is 0 Å². The molecule has 0 amide bonds. The SMILES string of the molecule is COCCOCC(O)CN1CCNCC1C(=O)O. The van der Waals surface area contributed by atoms with Gasteiger partial charge in [-0.2, -0.15) is 0 Å². The fourth-order valence-corrected chi connectivity index (χ4v) is 1.89. The van der Waals surface area contributed by atoms with Crippen LogP contribution in [0.2, 0.25) is 0 Å². The third-order valence-corrected chi connectivity index (χ3v) is 2.83. The molecule has 0 aromatic heterocycles. The van der Waals surface area contributed by atoms with Crippen LogP contribution >= 0.6 is 0 Å². The highest BCUT2D eigenvalue weighted by Crippen LogP contribution is 2.05. The van der Waals surface area contributed by atoms with Crippen LogP contribution < -0.4 is 5.32 Å². The number of aliphatic hydroxyl groups excluding tert-OH is 1. The van der Waals surface area contributed by atoms with Crippen molar-refractivity contribution in [1.82, 2.24) is 10.2 Å². The van der Waals surface area contributed by atoms with E-state index in [2.05, 4.69) is 5.32 Å². The summed E-state index contributed by atoms with van der Waals surface area (Å²) in [6, 6.07) is -0.577. The first-order valence-electron chi connectivity index (χ1n) is 6.07. The number of nitrogens with one attached hydrogen (secondary N) is 1. The van der Waals surface area contributed by atoms with Gasteiger partial charge in [-0.05, 0) is 0 Å². The minimum Gasteiger partial charge on any atom is -0.480 e. The quantitative estimate of drug-likeness (QED) is 0.452. The zero-order chi connectivity index (χ0) is 13.4. The first-order valence-corrected chi connectivity index (χ1v) is 6.07. The van der Waals surface area contributed by atoms with Crippen LogP contribution in [0.15, 0.2) is 0 Å². The lowest BCUT2D eigenvalue weighted by Crippen LogP contribution is -2.56. The van der Waals surface area contributed by atoms with Crippen LogP contribution in [0.25, 0.3) is 0 Å². The average molecular weight is 262 g/mol. The highest BCUT2D eigenvalue weighted by atomic mass is 16.5. The number of hydrogen-bond donors (Lipinski definition) is 3. The summed E-state index contributed by atoms with van der Waals surface area (Å²) < 4.78 is 10.0. The Bertz CT molecular complexity index is 252. The van der Waals surface area contributed by atoms with E-state index in [0.29, 0.717) is 32.8 Å². The number of carbonyl (C=O) groups is 1. The second-order valence-corrected chi connectivity index (χ2v) is 4.27. The highest BCUT2D eigenvalue weighted by Gasteiger charge is 2.29. The molecule has 7 heteroatoms. The van der Waals surface area contributed by atoms with Gasteiger partial charge in [0.1, 0.15) is 6.04 Å². The van der Waals surface area contributed by atoms with Crippen LogP contribution in [0.3, 0.4) is 0 Å². The van der Waals surface area contributed by atoms with E-state index in [-0.39, 0.29) is 6.61 Å². The maximum Gasteiger partial charge on any atom is 0.322 e. The number of methoxy groups -OCH3 is 1. The first kappa shape index (κ1) is 15.3. The molecule has 1 fully saturated rings. The van der Waals surface area contributed by atoms with Crippen molar-refractivity contribution in [2.75, 3.05) is 53.1 Å². The summed E-state index contributed by atoms with van der Waals surface area (Å²) >= 11 is 0. The van der Waals surface area contributed by atoms with Crippen molar-refractivity contribution < 1.29 is 24.5 Å². The molecule has 0 bridgehead atoms. The summed E-state index contributed by atoms with van der Waals surface area (Å²) in [5.74, 6) is -0.866. The van der Waals surface area contributed by atoms with Crippen LogP contribution in [0.4, 0.5) is 0 Å². The molecule has 7 nitrogen and oxygen atoms in total. The zero-order valence-corrected chi connectivity index (χ0v) is 10.7. The molecular formula is C11H22N2O5. The summed E-state index contributed by atoms with van der Waals surface area (Å²) in [6.07, 6.45) is -0.679. The monoisotopic (exact) mass is 262 g/mol. The minimum atomic E-state index is -0.866. The van der Waals surface area contributed by atoms with E-state index >= 15 is 0 Å². The molecule has 0 radical (unpaired) electrons. The lowest BCUT2D eigenvalue weighted by atomic mass is 10.1. The van der Waals surface area contributed by atoms with Gasteiger partial charge in [0, 0.05) is 33.3 Å². The second kappa shape index (κ2) is 8.39. The van der Waals surface area contributed by atoms with Crippen molar-refractivity contribution in [2.24, 2.45) is 0 Å². The molecule has 0 aromatic rings. The Morgan fingerprint density at radius 2 is 2.33 bits per heavy atom. The van der Waals surface area contributed by atoms with E-state index in [1.165, 1.54) is 0 Å². The predicted octanol–water partition coefficient (Wildman–Crippen LogP) is -1.63. The molecular weight excluding hydrogens is 240 g/mol. The number of aliphatic hydroxyl groups is 1. The van der Waals surface area contributed by atoms with Crippen LogP contribution in [-0.2, 0) is 14.3 Å². The van der Waals surface area contributed by atoms with Gasteiger partial charge >= 0.3 is 5.97 Å². The van der Waals surface area contributed by atoms with Gasteiger partial charge in [0.25, 0.3) is 0 Å². The van der Waals surface area contributed by atoms with E-state index in [4.69, 9.17) is 14.6 Å². The number of rotatable bonds is 8. The highest BCUT2D eigenvalue weighted by molar-refractivity contribution is 5.73. The Balaban J connectivity index is 2.27. The summed E-state index contributed by atoms with van der Waals surface area (Å²) in [5, 5.41) is 21.9. The summed E-state index contributed by atoms with van der Waals surface area (Å²) in [4.78, 5) is 12.8. The van der Waals surface area contributed by atoms with E-state index in [0.717, 1.165) is 6.54 Å². The largest absolute Gasteiger partial charge is 0.480 e. The summed E-state index contributed by atoms with van der Waals surface area (Å²) in [6.45, 7) is 3.18.